The number of amides is 1. The van der Waals surface area contributed by atoms with Gasteiger partial charge in [0.05, 0.1) is 28.8 Å². The third-order valence-corrected chi connectivity index (χ3v) is 5.83. The van der Waals surface area contributed by atoms with Gasteiger partial charge in [-0.1, -0.05) is 12.1 Å². The number of rotatable bonds is 5. The molecule has 0 aliphatic heterocycles. The fourth-order valence-electron chi connectivity index (χ4n) is 2.89. The summed E-state index contributed by atoms with van der Waals surface area (Å²) >= 11 is 0. The van der Waals surface area contributed by atoms with Crippen molar-refractivity contribution in [3.8, 4) is 5.69 Å². The number of anilines is 1. The van der Waals surface area contributed by atoms with Crippen molar-refractivity contribution in [2.45, 2.75) is 10.7 Å². The molecule has 0 saturated heterocycles. The molecule has 2 aromatic heterocycles. The Morgan fingerprint density at radius 3 is 2.52 bits per heavy atom. The number of H-pyrrole nitrogens is 1. The van der Waals surface area contributed by atoms with Crippen LogP contribution in [-0.4, -0.2) is 39.8 Å². The van der Waals surface area contributed by atoms with Crippen molar-refractivity contribution < 1.29 is 22.0 Å². The zero-order chi connectivity index (χ0) is 22.2. The van der Waals surface area contributed by atoms with Gasteiger partial charge in [0, 0.05) is 5.56 Å². The van der Waals surface area contributed by atoms with Crippen LogP contribution in [0.15, 0.2) is 70.7 Å². The number of nitrogens with zero attached hydrogens (tertiary/aromatic N) is 3. The highest BCUT2D eigenvalue weighted by atomic mass is 32.2. The second-order valence-electron chi connectivity index (χ2n) is 6.33. The minimum absolute atomic E-state index is 0.0583. The lowest BCUT2D eigenvalue weighted by molar-refractivity contribution is 0.102. The number of nitrogens with one attached hydrogen (secondary N) is 2. The van der Waals surface area contributed by atoms with E-state index in [0.29, 0.717) is 11.4 Å². The first kappa shape index (κ1) is 20.3. The second-order valence-corrected chi connectivity index (χ2v) is 8.24. The third-order valence-electron chi connectivity index (χ3n) is 4.43. The number of sulfone groups is 1. The molecule has 31 heavy (non-hydrogen) atoms. The molecule has 2 N–H and O–H groups in total. The zero-order valence-corrected chi connectivity index (χ0v) is 16.3. The van der Waals surface area contributed by atoms with Crippen molar-refractivity contribution in [2.24, 2.45) is 0 Å². The number of aromatic amines is 1. The monoisotopic (exact) mass is 445 g/mol. The van der Waals surface area contributed by atoms with Crippen molar-refractivity contribution in [2.75, 3.05) is 5.32 Å². The number of carbonyl (C=O) groups is 1. The summed E-state index contributed by atoms with van der Waals surface area (Å²) in [5.41, 5.74) is 0.747. The molecule has 0 unspecified atom stereocenters. The van der Waals surface area contributed by atoms with Crippen molar-refractivity contribution in [3.05, 3.63) is 77.0 Å². The van der Waals surface area contributed by atoms with Crippen LogP contribution in [0.25, 0.3) is 16.7 Å². The molecule has 12 heteroatoms. The number of carbonyl (C=O) groups excluding carboxylic acids is 1. The summed E-state index contributed by atoms with van der Waals surface area (Å²) in [7, 11) is -4.75. The predicted molar refractivity (Wildman–Crippen MR) is 107 cm³/mol. The van der Waals surface area contributed by atoms with E-state index in [-0.39, 0.29) is 22.2 Å². The summed E-state index contributed by atoms with van der Waals surface area (Å²) in [6.45, 7) is 0. The first-order valence-corrected chi connectivity index (χ1v) is 10.3. The average molecular weight is 445 g/mol. The van der Waals surface area contributed by atoms with Gasteiger partial charge in [0.1, 0.15) is 5.39 Å². The molecule has 2 heterocycles. The number of halogens is 2. The molecular formula is C19H13F2N5O4S. The van der Waals surface area contributed by atoms with E-state index in [4.69, 9.17) is 0 Å². The molecule has 0 saturated carbocycles. The molecule has 1 amide bonds. The van der Waals surface area contributed by atoms with E-state index in [2.05, 4.69) is 20.4 Å². The van der Waals surface area contributed by atoms with E-state index < -0.39 is 26.4 Å². The van der Waals surface area contributed by atoms with Gasteiger partial charge in [-0.2, -0.15) is 13.9 Å². The van der Waals surface area contributed by atoms with Crippen LogP contribution in [0, 0.1) is 0 Å². The number of para-hydroxylation sites is 2. The molecule has 0 aliphatic rings. The van der Waals surface area contributed by atoms with E-state index in [1.807, 2.05) is 0 Å². The van der Waals surface area contributed by atoms with E-state index >= 15 is 0 Å². The Morgan fingerprint density at radius 1 is 1.10 bits per heavy atom. The lowest BCUT2D eigenvalue weighted by Gasteiger charge is -2.12. The van der Waals surface area contributed by atoms with Gasteiger partial charge >= 0.3 is 5.76 Å². The highest BCUT2D eigenvalue weighted by Gasteiger charge is 2.26. The topological polar surface area (TPSA) is 127 Å². The van der Waals surface area contributed by atoms with Crippen molar-refractivity contribution in [3.63, 3.8) is 0 Å². The van der Waals surface area contributed by atoms with E-state index in [1.165, 1.54) is 17.2 Å². The molecule has 0 spiro atoms. The maximum absolute atomic E-state index is 12.7. The Bertz CT molecular complexity index is 1450. The van der Waals surface area contributed by atoms with Crippen LogP contribution < -0.4 is 10.9 Å². The number of fused-ring (bicyclic) bond motifs is 1. The van der Waals surface area contributed by atoms with Crippen molar-refractivity contribution >= 4 is 32.5 Å². The maximum Gasteiger partial charge on any atom is 0.341 e. The van der Waals surface area contributed by atoms with E-state index in [9.17, 15) is 26.8 Å². The fraction of sp³-hybridized carbons (Fsp3) is 0.0526. The normalized spacial score (nSPS) is 11.7. The molecule has 158 valence electrons. The molecule has 0 fully saturated rings. The largest absolute Gasteiger partial charge is 0.341 e. The average Bonchev–Trinajstić information content (AvgIpc) is 3.19. The van der Waals surface area contributed by atoms with E-state index in [1.54, 1.807) is 24.3 Å². The van der Waals surface area contributed by atoms with Gasteiger partial charge in [-0.25, -0.2) is 18.1 Å². The molecule has 0 aliphatic carbocycles. The fourth-order valence-corrected chi connectivity index (χ4v) is 3.61. The van der Waals surface area contributed by atoms with Crippen LogP contribution in [0.5, 0.6) is 0 Å². The Kier molecular flexibility index (Phi) is 5.07. The van der Waals surface area contributed by atoms with Gasteiger partial charge in [0.25, 0.3) is 11.5 Å². The summed E-state index contributed by atoms with van der Waals surface area (Å²) in [6.07, 6.45) is 2.58. The molecule has 0 radical (unpaired) electrons. The summed E-state index contributed by atoms with van der Waals surface area (Å²) in [5, 5.41) is 7.10. The Morgan fingerprint density at radius 2 is 1.81 bits per heavy atom. The van der Waals surface area contributed by atoms with Gasteiger partial charge in [-0.3, -0.25) is 9.59 Å². The van der Waals surface area contributed by atoms with Gasteiger partial charge in [0.2, 0.25) is 9.84 Å². The van der Waals surface area contributed by atoms with Crippen molar-refractivity contribution in [1.29, 1.82) is 0 Å². The number of aromatic nitrogens is 4. The summed E-state index contributed by atoms with van der Waals surface area (Å²) in [5.74, 6) is -4.15. The molecule has 4 aromatic rings. The highest BCUT2D eigenvalue weighted by Crippen LogP contribution is 2.23. The molecule has 2 aromatic carbocycles. The molecule has 0 atom stereocenters. The Labute approximate surface area is 173 Å². The van der Waals surface area contributed by atoms with Crippen LogP contribution in [0.2, 0.25) is 0 Å². The van der Waals surface area contributed by atoms with E-state index in [0.717, 1.165) is 24.3 Å². The van der Waals surface area contributed by atoms with Crippen molar-refractivity contribution in [1.82, 2.24) is 19.7 Å². The van der Waals surface area contributed by atoms with Crippen LogP contribution >= 0.6 is 0 Å². The van der Waals surface area contributed by atoms with Gasteiger partial charge in [-0.15, -0.1) is 0 Å². The lowest BCUT2D eigenvalue weighted by atomic mass is 10.2. The number of benzene rings is 2. The number of hydrogen-bond acceptors (Lipinski definition) is 6. The number of hydrogen-bond donors (Lipinski definition) is 2. The molecule has 4 rings (SSSR count). The predicted octanol–water partition coefficient (Wildman–Crippen LogP) is 2.36. The molecule has 0 bridgehead atoms. The second kappa shape index (κ2) is 7.72. The quantitative estimate of drug-likeness (QED) is 0.486. The Balaban J connectivity index is 1.66. The summed E-state index contributed by atoms with van der Waals surface area (Å²) in [4.78, 5) is 30.5. The summed E-state index contributed by atoms with van der Waals surface area (Å²) in [6, 6.07) is 10.8. The minimum Gasteiger partial charge on any atom is -0.320 e. The van der Waals surface area contributed by atoms with Crippen LogP contribution in [0.4, 0.5) is 14.5 Å². The molecular weight excluding hydrogens is 432 g/mol. The smallest absolute Gasteiger partial charge is 0.320 e. The SMILES string of the molecule is O=C(Nc1ccccc1-n1ncc2c(=O)[nH]cnc21)c1ccc(S(=O)(=O)C(F)F)cc1. The molecule has 9 nitrogen and oxygen atoms in total. The minimum atomic E-state index is -4.75. The van der Waals surface area contributed by atoms with Crippen LogP contribution in [-0.2, 0) is 9.84 Å². The van der Waals surface area contributed by atoms with Crippen LogP contribution in [0.1, 0.15) is 10.4 Å². The Hall–Kier alpha value is -3.93. The summed E-state index contributed by atoms with van der Waals surface area (Å²) < 4.78 is 49.7. The number of alkyl halides is 2. The van der Waals surface area contributed by atoms with Gasteiger partial charge in [-0.05, 0) is 36.4 Å². The highest BCUT2D eigenvalue weighted by molar-refractivity contribution is 7.91. The van der Waals surface area contributed by atoms with Crippen LogP contribution in [0.3, 0.4) is 0 Å². The third kappa shape index (κ3) is 3.68. The lowest BCUT2D eigenvalue weighted by Crippen LogP contribution is -2.15. The maximum atomic E-state index is 12.7. The first-order chi connectivity index (χ1) is 14.8. The van der Waals surface area contributed by atoms with Gasteiger partial charge < -0.3 is 10.3 Å². The van der Waals surface area contributed by atoms with Gasteiger partial charge in [0.15, 0.2) is 5.65 Å². The zero-order valence-electron chi connectivity index (χ0n) is 15.5. The standard InChI is InChI=1S/C19H13F2N5O4S/c20-19(21)31(29,30)12-7-5-11(6-8-12)17(27)25-14-3-1-2-4-15(14)26-16-13(9-24-26)18(28)23-10-22-16/h1-10,19H,(H,25,27)(H,22,23,28). The first-order valence-electron chi connectivity index (χ1n) is 8.73.